The summed E-state index contributed by atoms with van der Waals surface area (Å²) in [4.78, 5) is 33.6. The molecule has 290 valence electrons. The number of carbonyl (C=O) groups excluding carboxylic acids is 2. The van der Waals surface area contributed by atoms with E-state index < -0.39 is 29.9 Å². The van der Waals surface area contributed by atoms with Crippen molar-refractivity contribution in [1.29, 1.82) is 0 Å². The van der Waals surface area contributed by atoms with Crippen LogP contribution in [0.2, 0.25) is 10.0 Å². The first-order valence-electron chi connectivity index (χ1n) is 17.5. The predicted octanol–water partition coefficient (Wildman–Crippen LogP) is 8.03. The second-order valence-electron chi connectivity index (χ2n) is 12.8. The molecule has 2 aromatic heterocycles. The summed E-state index contributed by atoms with van der Waals surface area (Å²) in [6.45, 7) is 2.58. The van der Waals surface area contributed by atoms with E-state index in [-0.39, 0.29) is 30.1 Å². The maximum atomic E-state index is 15.1. The number of nitrogens with zero attached hydrogens (tertiary/aromatic N) is 1. The quantitative estimate of drug-likeness (QED) is 0.105. The van der Waals surface area contributed by atoms with Crippen LogP contribution in [0.4, 0.5) is 4.39 Å². The lowest BCUT2D eigenvalue weighted by molar-refractivity contribution is -0.377. The smallest absolute Gasteiger partial charge is 0.348 e. The van der Waals surface area contributed by atoms with Gasteiger partial charge in [-0.05, 0) is 54.3 Å². The molecule has 3 N–H and O–H groups in total. The molecule has 14 heteroatoms. The van der Waals surface area contributed by atoms with Gasteiger partial charge >= 0.3 is 11.9 Å². The largest absolute Gasteiger partial charge is 0.870 e. The van der Waals surface area contributed by atoms with Crippen LogP contribution < -0.4 is 19.8 Å². The van der Waals surface area contributed by atoms with Crippen molar-refractivity contribution in [3.05, 3.63) is 145 Å². The normalized spacial score (nSPS) is 14.3. The molecule has 3 heterocycles. The van der Waals surface area contributed by atoms with Gasteiger partial charge in [0.15, 0.2) is 23.9 Å². The fraction of sp³-hybridized carbons (Fsp3) is 0.293. The first-order chi connectivity index (χ1) is 26.2. The molecule has 1 saturated heterocycles. The van der Waals surface area contributed by atoms with E-state index >= 15 is 4.39 Å². The molecule has 1 fully saturated rings. The lowest BCUT2D eigenvalue weighted by Gasteiger charge is -2.32. The van der Waals surface area contributed by atoms with E-state index in [1.54, 1.807) is 60.9 Å². The minimum absolute atomic E-state index is 0. The molecule has 1 aliphatic heterocycles. The van der Waals surface area contributed by atoms with Crippen LogP contribution in [0.5, 0.6) is 11.5 Å². The molecule has 2 atom stereocenters. The number of carbonyl (C=O) groups is 2. The first-order valence-corrected chi connectivity index (χ1v) is 19.1. The standard InChI is InChI=1S/C41H40Cl2FN3O6S.H2O/c1-50-35-14-12-27(20-37(35)51-2)36(21-31-32(42)23-45-24-33(31)43)53-40(48)38-15-13-29(54-38)22-46-39(30-10-6-7-11-34(30)44)41(49)52-28-16-18-47(19-17-28)25-26-8-4-3-5-9-26;/h3-15,20,23-24,28,36,39,46H,16-19,21-22,25H2,1-2H3;1H2/t36-,39?;/m0./s1. The minimum Gasteiger partial charge on any atom is -0.870 e. The van der Waals surface area contributed by atoms with Crippen LogP contribution in [0.3, 0.4) is 0 Å². The van der Waals surface area contributed by atoms with Crippen LogP contribution in [0.25, 0.3) is 0 Å². The maximum absolute atomic E-state index is 15.1. The van der Waals surface area contributed by atoms with Crippen LogP contribution in [0.1, 0.15) is 61.8 Å². The second kappa shape index (κ2) is 19.9. The number of aromatic amines is 1. The number of methoxy groups -OCH3 is 2. The summed E-state index contributed by atoms with van der Waals surface area (Å²) in [5, 5.41) is 3.97. The highest BCUT2D eigenvalue weighted by Gasteiger charge is 2.30. The molecule has 0 saturated carbocycles. The number of nitrogens with one attached hydrogen (secondary N) is 2. The third-order valence-electron chi connectivity index (χ3n) is 9.28. The fourth-order valence-electron chi connectivity index (χ4n) is 6.40. The van der Waals surface area contributed by atoms with Crippen molar-refractivity contribution in [1.82, 2.24) is 10.2 Å². The summed E-state index contributed by atoms with van der Waals surface area (Å²) < 4.78 is 38.0. The number of thiophene rings is 1. The predicted molar refractivity (Wildman–Crippen MR) is 207 cm³/mol. The molecule has 0 aliphatic carbocycles. The van der Waals surface area contributed by atoms with Crippen molar-refractivity contribution in [2.45, 2.75) is 50.6 Å². The van der Waals surface area contributed by atoms with E-state index in [4.69, 9.17) is 42.1 Å². The summed E-state index contributed by atoms with van der Waals surface area (Å²) in [6, 6.07) is 24.1. The summed E-state index contributed by atoms with van der Waals surface area (Å²) in [6.07, 6.45) is 3.70. The minimum atomic E-state index is -1.06. The summed E-state index contributed by atoms with van der Waals surface area (Å²) in [5.74, 6) is -0.641. The monoisotopic (exact) mass is 809 g/mol. The number of halogens is 3. The Bertz CT molecular complexity index is 2030. The van der Waals surface area contributed by atoms with E-state index in [1.807, 2.05) is 18.2 Å². The van der Waals surface area contributed by atoms with Gasteiger partial charge in [0.1, 0.15) is 39.0 Å². The summed E-state index contributed by atoms with van der Waals surface area (Å²) in [5.41, 5.74) is 2.67. The van der Waals surface area contributed by atoms with Gasteiger partial charge in [0.25, 0.3) is 0 Å². The average Bonchev–Trinajstić information content (AvgIpc) is 3.67. The van der Waals surface area contributed by atoms with Gasteiger partial charge in [0.05, 0.1) is 14.2 Å². The Morgan fingerprint density at radius 2 is 1.62 bits per heavy atom. The number of likely N-dealkylation sites (tertiary alicyclic amines) is 1. The zero-order valence-electron chi connectivity index (χ0n) is 30.3. The zero-order valence-corrected chi connectivity index (χ0v) is 32.6. The van der Waals surface area contributed by atoms with Crippen molar-refractivity contribution >= 4 is 46.5 Å². The highest BCUT2D eigenvalue weighted by Crippen LogP contribution is 2.36. The van der Waals surface area contributed by atoms with Gasteiger partial charge in [-0.2, -0.15) is 0 Å². The number of esters is 2. The number of piperidine rings is 1. The van der Waals surface area contributed by atoms with Gasteiger partial charge in [-0.1, -0.05) is 77.8 Å². The number of H-pyrrole nitrogens is 1. The fourth-order valence-corrected chi connectivity index (χ4v) is 7.77. The summed E-state index contributed by atoms with van der Waals surface area (Å²) >= 11 is 14.2. The number of rotatable bonds is 15. The molecule has 6 rings (SSSR count). The maximum Gasteiger partial charge on any atom is 0.348 e. The van der Waals surface area contributed by atoms with Gasteiger partial charge in [0.2, 0.25) is 0 Å². The van der Waals surface area contributed by atoms with Gasteiger partial charge in [-0.3, -0.25) is 10.2 Å². The Morgan fingerprint density at radius 1 is 0.927 bits per heavy atom. The van der Waals surface area contributed by atoms with E-state index in [9.17, 15) is 9.59 Å². The van der Waals surface area contributed by atoms with E-state index in [0.29, 0.717) is 50.4 Å². The Labute approximate surface area is 333 Å². The van der Waals surface area contributed by atoms with Gasteiger partial charge in [-0.25, -0.2) is 19.0 Å². The molecule has 55 heavy (non-hydrogen) atoms. The molecule has 1 aliphatic rings. The Kier molecular flexibility index (Phi) is 15.0. The molecule has 0 bridgehead atoms. The third-order valence-corrected chi connectivity index (χ3v) is 11.0. The number of aromatic nitrogens is 1. The van der Waals surface area contributed by atoms with Crippen LogP contribution in [-0.4, -0.2) is 55.7 Å². The molecular weight excluding hydrogens is 768 g/mol. The summed E-state index contributed by atoms with van der Waals surface area (Å²) in [7, 11) is 3.06. The molecule has 3 aromatic carbocycles. The Balaban J connectivity index is 0.00000580. The lowest BCUT2D eigenvalue weighted by atomic mass is 10.0. The molecule has 10 nitrogen and oxygen atoms in total. The van der Waals surface area contributed by atoms with Crippen molar-refractivity contribution in [3.63, 3.8) is 0 Å². The number of ether oxygens (including phenoxy) is 4. The van der Waals surface area contributed by atoms with Crippen molar-refractivity contribution in [2.24, 2.45) is 0 Å². The molecule has 1 unspecified atom stereocenters. The van der Waals surface area contributed by atoms with E-state index in [1.165, 1.54) is 37.2 Å². The zero-order chi connectivity index (χ0) is 38.0. The highest BCUT2D eigenvalue weighted by molar-refractivity contribution is 7.13. The number of benzene rings is 3. The van der Waals surface area contributed by atoms with Crippen LogP contribution >= 0.6 is 34.5 Å². The van der Waals surface area contributed by atoms with Gasteiger partial charge in [-0.15, -0.1) is 11.3 Å². The number of hydrogen-bond acceptors (Lipinski definition) is 10. The topological polar surface area (TPSA) is 130 Å². The highest BCUT2D eigenvalue weighted by atomic mass is 35.5. The van der Waals surface area contributed by atoms with Crippen LogP contribution in [-0.2, 0) is 33.8 Å². The molecule has 0 amide bonds. The SMILES string of the molecule is COc1ccc([C@H](Cc2c(Cl)c[nH+]cc2Cl)OC(=O)c2ccc(CNC(C(=O)OC3CCN(Cc4ccccc4)CC3)c3ccccc3F)s2)cc1OC.[OH-]. The van der Waals surface area contributed by atoms with Gasteiger partial charge in [0, 0.05) is 48.6 Å². The first kappa shape index (κ1) is 41.6. The Morgan fingerprint density at radius 3 is 2.31 bits per heavy atom. The third kappa shape index (κ3) is 10.8. The van der Waals surface area contributed by atoms with Crippen LogP contribution in [0, 0.1) is 5.82 Å². The number of pyridine rings is 1. The molecule has 0 radical (unpaired) electrons. The van der Waals surface area contributed by atoms with E-state index in [0.717, 1.165) is 24.5 Å². The average molecular weight is 811 g/mol. The number of hydrogen-bond donors (Lipinski definition) is 1. The van der Waals surface area contributed by atoms with Gasteiger partial charge < -0.3 is 24.4 Å². The van der Waals surface area contributed by atoms with Crippen molar-refractivity contribution in [2.75, 3.05) is 27.3 Å². The molecule has 5 aromatic rings. The lowest BCUT2D eigenvalue weighted by Crippen LogP contribution is -2.39. The van der Waals surface area contributed by atoms with E-state index in [2.05, 4.69) is 27.3 Å². The van der Waals surface area contributed by atoms with Crippen LogP contribution in [0.15, 0.2) is 97.3 Å². The molecule has 0 spiro atoms. The second-order valence-corrected chi connectivity index (χ2v) is 14.8. The Hall–Kier alpha value is -4.56. The van der Waals surface area contributed by atoms with Crippen molar-refractivity contribution < 1.29 is 43.4 Å². The molecular formula is C41H42Cl2FN3O7S. The van der Waals surface area contributed by atoms with Crippen molar-refractivity contribution in [3.8, 4) is 11.5 Å².